The second-order valence-electron chi connectivity index (χ2n) is 5.09. The molecule has 4 N–H and O–H groups in total. The van der Waals surface area contributed by atoms with Crippen LogP contribution in [0.4, 0.5) is 0 Å². The van der Waals surface area contributed by atoms with E-state index in [1.807, 2.05) is 6.92 Å². The Labute approximate surface area is 125 Å². The molecule has 0 radical (unpaired) electrons. The first-order valence-electron chi connectivity index (χ1n) is 7.25. The Morgan fingerprint density at radius 3 is 2.71 bits per heavy atom. The van der Waals surface area contributed by atoms with Gasteiger partial charge in [-0.1, -0.05) is 25.5 Å². The molecular formula is C17H24O4. The van der Waals surface area contributed by atoms with Crippen LogP contribution in [0.25, 0.3) is 0 Å². The summed E-state index contributed by atoms with van der Waals surface area (Å²) in [6.07, 6.45) is 2.79. The van der Waals surface area contributed by atoms with Crippen molar-refractivity contribution in [1.29, 1.82) is 0 Å². The first kappa shape index (κ1) is 17.5. The van der Waals surface area contributed by atoms with Gasteiger partial charge in [-0.05, 0) is 35.8 Å². The molecule has 0 aliphatic carbocycles. The van der Waals surface area contributed by atoms with E-state index in [4.69, 9.17) is 5.11 Å². The van der Waals surface area contributed by atoms with Crippen LogP contribution in [-0.4, -0.2) is 33.1 Å². The van der Waals surface area contributed by atoms with E-state index in [2.05, 4.69) is 5.73 Å². The van der Waals surface area contributed by atoms with Crippen molar-refractivity contribution in [3.05, 3.63) is 47.2 Å². The van der Waals surface area contributed by atoms with Gasteiger partial charge in [0.2, 0.25) is 0 Å². The molecule has 0 heterocycles. The maximum absolute atomic E-state index is 10.0. The minimum atomic E-state index is -0.761. The van der Waals surface area contributed by atoms with Crippen LogP contribution < -0.4 is 0 Å². The number of hydrogen-bond donors (Lipinski definition) is 4. The molecule has 0 aromatic heterocycles. The van der Waals surface area contributed by atoms with Crippen LogP contribution in [0.5, 0.6) is 5.75 Å². The van der Waals surface area contributed by atoms with Gasteiger partial charge in [-0.25, -0.2) is 0 Å². The highest BCUT2D eigenvalue weighted by atomic mass is 16.3. The monoisotopic (exact) mass is 292 g/mol. The molecule has 0 aliphatic rings. The van der Waals surface area contributed by atoms with Gasteiger partial charge in [-0.2, -0.15) is 0 Å². The molecule has 0 fully saturated rings. The molecule has 116 valence electrons. The third-order valence-electron chi connectivity index (χ3n) is 3.15. The summed E-state index contributed by atoms with van der Waals surface area (Å²) in [6, 6.07) is 6.53. The molecule has 0 unspecified atom stereocenters. The Balaban J connectivity index is 2.69. The Morgan fingerprint density at radius 2 is 2.10 bits per heavy atom. The van der Waals surface area contributed by atoms with E-state index in [9.17, 15) is 15.3 Å². The summed E-state index contributed by atoms with van der Waals surface area (Å²) in [5.74, 6) is 0.129. The van der Waals surface area contributed by atoms with Crippen molar-refractivity contribution in [2.75, 3.05) is 6.61 Å². The van der Waals surface area contributed by atoms with Crippen molar-refractivity contribution in [2.24, 2.45) is 0 Å². The molecule has 0 amide bonds. The van der Waals surface area contributed by atoms with E-state index in [1.54, 1.807) is 24.3 Å². The number of benzene rings is 1. The van der Waals surface area contributed by atoms with E-state index in [1.165, 1.54) is 6.07 Å². The number of rotatable bonds is 8. The minimum Gasteiger partial charge on any atom is -0.508 e. The lowest BCUT2D eigenvalue weighted by Crippen LogP contribution is -2.12. The zero-order chi connectivity index (χ0) is 15.7. The Hall–Kier alpha value is -1.58. The molecule has 4 nitrogen and oxygen atoms in total. The third kappa shape index (κ3) is 6.61. The van der Waals surface area contributed by atoms with Crippen molar-refractivity contribution in [3.63, 3.8) is 0 Å². The van der Waals surface area contributed by atoms with Gasteiger partial charge < -0.3 is 20.4 Å². The standard InChI is InChI=1S/C17H24O4/c1-2-5-13(10-16(20)12-18)6-3-9-17(21)14-7-4-8-15(19)11-14/h3-4,7-8,11,16-21H,2,5,9-10,12H2,1H3/t6?,16-,17-/m1/s1. The normalized spacial score (nSPS) is 13.3. The van der Waals surface area contributed by atoms with Gasteiger partial charge in [0.1, 0.15) is 5.75 Å². The van der Waals surface area contributed by atoms with Crippen LogP contribution in [0.3, 0.4) is 0 Å². The number of aliphatic hydroxyl groups is 3. The van der Waals surface area contributed by atoms with Gasteiger partial charge in [0.05, 0.1) is 18.8 Å². The fourth-order valence-electron chi connectivity index (χ4n) is 2.07. The first-order chi connectivity index (χ1) is 10.1. The van der Waals surface area contributed by atoms with E-state index < -0.39 is 12.2 Å². The second-order valence-corrected chi connectivity index (χ2v) is 5.09. The molecule has 0 spiro atoms. The molecule has 1 aromatic carbocycles. The average Bonchev–Trinajstić information content (AvgIpc) is 2.47. The smallest absolute Gasteiger partial charge is 0.115 e. The van der Waals surface area contributed by atoms with Crippen molar-refractivity contribution >= 4 is 0 Å². The zero-order valence-corrected chi connectivity index (χ0v) is 12.4. The summed E-state index contributed by atoms with van der Waals surface area (Å²) in [4.78, 5) is 0. The summed E-state index contributed by atoms with van der Waals surface area (Å²) < 4.78 is 0. The van der Waals surface area contributed by atoms with Gasteiger partial charge in [-0.15, -0.1) is 5.73 Å². The van der Waals surface area contributed by atoms with E-state index >= 15 is 0 Å². The highest BCUT2D eigenvalue weighted by molar-refractivity contribution is 5.28. The van der Waals surface area contributed by atoms with Gasteiger partial charge in [-0.3, -0.25) is 0 Å². The van der Waals surface area contributed by atoms with Crippen LogP contribution in [-0.2, 0) is 0 Å². The second kappa shape index (κ2) is 9.37. The fraction of sp³-hybridized carbons (Fsp3) is 0.471. The minimum absolute atomic E-state index is 0.129. The summed E-state index contributed by atoms with van der Waals surface area (Å²) in [5, 5.41) is 37.8. The summed E-state index contributed by atoms with van der Waals surface area (Å²) in [6.45, 7) is 1.77. The lowest BCUT2D eigenvalue weighted by molar-refractivity contribution is 0.0948. The van der Waals surface area contributed by atoms with Crippen molar-refractivity contribution < 1.29 is 20.4 Å². The SMILES string of the molecule is CCCC(=C=CC[C@@H](O)c1cccc(O)c1)C[C@@H](O)CO. The lowest BCUT2D eigenvalue weighted by atomic mass is 10.0. The van der Waals surface area contributed by atoms with Crippen molar-refractivity contribution in [3.8, 4) is 5.75 Å². The number of aliphatic hydroxyl groups excluding tert-OH is 3. The Bertz CT molecular complexity index is 489. The van der Waals surface area contributed by atoms with Crippen LogP contribution >= 0.6 is 0 Å². The maximum Gasteiger partial charge on any atom is 0.115 e. The molecule has 0 aliphatic heterocycles. The molecule has 4 heteroatoms. The largest absolute Gasteiger partial charge is 0.508 e. The fourth-order valence-corrected chi connectivity index (χ4v) is 2.07. The van der Waals surface area contributed by atoms with E-state index in [0.29, 0.717) is 18.4 Å². The van der Waals surface area contributed by atoms with Crippen LogP contribution in [0.2, 0.25) is 0 Å². The maximum atomic E-state index is 10.0. The lowest BCUT2D eigenvalue weighted by Gasteiger charge is -2.09. The highest BCUT2D eigenvalue weighted by Gasteiger charge is 2.07. The quantitative estimate of drug-likeness (QED) is 0.555. The number of hydrogen-bond acceptors (Lipinski definition) is 4. The van der Waals surface area contributed by atoms with Gasteiger partial charge in [0.15, 0.2) is 0 Å². The first-order valence-corrected chi connectivity index (χ1v) is 7.25. The predicted octanol–water partition coefficient (Wildman–Crippen LogP) is 2.44. The average molecular weight is 292 g/mol. The number of aromatic hydroxyl groups is 1. The summed E-state index contributed by atoms with van der Waals surface area (Å²) >= 11 is 0. The van der Waals surface area contributed by atoms with Crippen molar-refractivity contribution in [1.82, 2.24) is 0 Å². The molecule has 0 bridgehead atoms. The van der Waals surface area contributed by atoms with Crippen LogP contribution in [0.1, 0.15) is 44.3 Å². The molecule has 1 aromatic rings. The highest BCUT2D eigenvalue weighted by Crippen LogP contribution is 2.21. The summed E-state index contributed by atoms with van der Waals surface area (Å²) in [5.41, 5.74) is 4.69. The molecule has 1 rings (SSSR count). The van der Waals surface area contributed by atoms with Crippen molar-refractivity contribution in [2.45, 2.75) is 44.8 Å². The van der Waals surface area contributed by atoms with Gasteiger partial charge >= 0.3 is 0 Å². The third-order valence-corrected chi connectivity index (χ3v) is 3.15. The zero-order valence-electron chi connectivity index (χ0n) is 12.4. The topological polar surface area (TPSA) is 80.9 Å². The number of phenols is 1. The Kier molecular flexibility index (Phi) is 7.80. The predicted molar refractivity (Wildman–Crippen MR) is 81.9 cm³/mol. The van der Waals surface area contributed by atoms with Gasteiger partial charge in [0.25, 0.3) is 0 Å². The van der Waals surface area contributed by atoms with Gasteiger partial charge in [0, 0.05) is 12.8 Å². The number of phenolic OH excluding ortho intramolecular Hbond substituents is 1. The Morgan fingerprint density at radius 1 is 1.33 bits per heavy atom. The molecule has 0 saturated heterocycles. The molecule has 2 atom stereocenters. The van der Waals surface area contributed by atoms with Crippen LogP contribution in [0.15, 0.2) is 41.6 Å². The molecule has 0 saturated carbocycles. The van der Waals surface area contributed by atoms with E-state index in [-0.39, 0.29) is 12.4 Å². The van der Waals surface area contributed by atoms with Crippen LogP contribution in [0, 0.1) is 0 Å². The summed E-state index contributed by atoms with van der Waals surface area (Å²) in [7, 11) is 0. The van der Waals surface area contributed by atoms with E-state index in [0.717, 1.165) is 18.4 Å². The molecule has 21 heavy (non-hydrogen) atoms. The molecular weight excluding hydrogens is 268 g/mol.